The van der Waals surface area contributed by atoms with Gasteiger partial charge in [-0.3, -0.25) is 14.5 Å². The van der Waals surface area contributed by atoms with E-state index in [-0.39, 0.29) is 24.4 Å². The van der Waals surface area contributed by atoms with E-state index in [0.29, 0.717) is 11.7 Å². The third kappa shape index (κ3) is 5.69. The van der Waals surface area contributed by atoms with Crippen LogP contribution in [0.5, 0.6) is 0 Å². The van der Waals surface area contributed by atoms with Gasteiger partial charge in [0, 0.05) is 17.6 Å². The molecule has 8 heteroatoms. The van der Waals surface area contributed by atoms with Crippen molar-refractivity contribution in [3.63, 3.8) is 0 Å². The average molecular weight is 466 g/mol. The van der Waals surface area contributed by atoms with Gasteiger partial charge in [0.05, 0.1) is 18.5 Å². The number of nitrogen functional groups attached to an aromatic ring is 1. The molecule has 174 valence electrons. The fraction of sp³-hybridized carbons (Fsp3) is 0.400. The molecule has 1 unspecified atom stereocenters. The second-order valence-corrected chi connectivity index (χ2v) is 9.67. The van der Waals surface area contributed by atoms with Gasteiger partial charge in [0.2, 0.25) is 11.8 Å². The minimum atomic E-state index is -0.515. The summed E-state index contributed by atoms with van der Waals surface area (Å²) in [5, 5.41) is 8.62. The highest BCUT2D eigenvalue weighted by atomic mass is 32.1. The zero-order chi connectivity index (χ0) is 23.2. The highest BCUT2D eigenvalue weighted by Gasteiger charge is 2.27. The molecule has 0 aliphatic carbocycles. The quantitative estimate of drug-likeness (QED) is 0.474. The molecule has 0 bridgehead atoms. The Balaban J connectivity index is 1.51. The second-order valence-electron chi connectivity index (χ2n) is 8.52. The Bertz CT molecular complexity index is 1100. The van der Waals surface area contributed by atoms with Gasteiger partial charge in [-0.25, -0.2) is 4.98 Å². The third-order valence-corrected chi connectivity index (χ3v) is 7.15. The lowest BCUT2D eigenvalue weighted by molar-refractivity contribution is -0.126. The SMILES string of the molecule is C[C@@H](C(=O)NCC(C(=O)NCc1cnc(N)s1)c1cccc2ccccc12)N1CCCCC1. The van der Waals surface area contributed by atoms with E-state index in [1.165, 1.54) is 17.8 Å². The highest BCUT2D eigenvalue weighted by Crippen LogP contribution is 2.26. The number of hydrogen-bond donors (Lipinski definition) is 3. The average Bonchev–Trinajstić information content (AvgIpc) is 3.27. The Hall–Kier alpha value is -2.97. The zero-order valence-electron chi connectivity index (χ0n) is 18.9. The first-order valence-corrected chi connectivity index (χ1v) is 12.3. The van der Waals surface area contributed by atoms with E-state index in [4.69, 9.17) is 5.73 Å². The minimum Gasteiger partial charge on any atom is -0.375 e. The van der Waals surface area contributed by atoms with Crippen molar-refractivity contribution in [3.8, 4) is 0 Å². The summed E-state index contributed by atoms with van der Waals surface area (Å²) in [6.07, 6.45) is 5.15. The summed E-state index contributed by atoms with van der Waals surface area (Å²) in [5.74, 6) is -0.687. The largest absolute Gasteiger partial charge is 0.375 e. The number of nitrogens with zero attached hydrogens (tertiary/aromatic N) is 2. The molecule has 1 aromatic heterocycles. The number of rotatable bonds is 8. The summed E-state index contributed by atoms with van der Waals surface area (Å²) in [6, 6.07) is 13.8. The van der Waals surface area contributed by atoms with Crippen molar-refractivity contribution in [2.75, 3.05) is 25.4 Å². The molecule has 7 nitrogen and oxygen atoms in total. The van der Waals surface area contributed by atoms with E-state index in [1.54, 1.807) is 6.20 Å². The van der Waals surface area contributed by atoms with Crippen molar-refractivity contribution >= 4 is 39.1 Å². The van der Waals surface area contributed by atoms with Gasteiger partial charge in [-0.15, -0.1) is 11.3 Å². The number of thiazole rings is 1. The number of benzene rings is 2. The number of carbonyl (C=O) groups excluding carboxylic acids is 2. The van der Waals surface area contributed by atoms with E-state index in [0.717, 1.165) is 47.1 Å². The Morgan fingerprint density at radius 3 is 2.58 bits per heavy atom. The number of aromatic nitrogens is 1. The van der Waals surface area contributed by atoms with Crippen molar-refractivity contribution in [3.05, 3.63) is 59.1 Å². The van der Waals surface area contributed by atoms with E-state index >= 15 is 0 Å². The fourth-order valence-electron chi connectivity index (χ4n) is 4.42. The van der Waals surface area contributed by atoms with Gasteiger partial charge < -0.3 is 16.4 Å². The molecular formula is C25H31N5O2S. The number of nitrogens with one attached hydrogen (secondary N) is 2. The summed E-state index contributed by atoms with van der Waals surface area (Å²) in [5.41, 5.74) is 6.62. The number of likely N-dealkylation sites (tertiary alicyclic amines) is 1. The van der Waals surface area contributed by atoms with Crippen LogP contribution in [-0.2, 0) is 16.1 Å². The second kappa shape index (κ2) is 10.8. The lowest BCUT2D eigenvalue weighted by atomic mass is 9.92. The molecule has 2 atom stereocenters. The van der Waals surface area contributed by atoms with E-state index < -0.39 is 5.92 Å². The van der Waals surface area contributed by atoms with Crippen LogP contribution in [0.1, 0.15) is 42.5 Å². The number of nitrogens with two attached hydrogens (primary N) is 1. The Morgan fingerprint density at radius 1 is 1.06 bits per heavy atom. The number of amides is 2. The first-order valence-electron chi connectivity index (χ1n) is 11.5. The molecule has 0 saturated carbocycles. The van der Waals surface area contributed by atoms with Crippen molar-refractivity contribution < 1.29 is 9.59 Å². The van der Waals surface area contributed by atoms with Gasteiger partial charge >= 0.3 is 0 Å². The summed E-state index contributed by atoms with van der Waals surface area (Å²) >= 11 is 1.35. The third-order valence-electron chi connectivity index (χ3n) is 6.32. The highest BCUT2D eigenvalue weighted by molar-refractivity contribution is 7.15. The molecule has 33 heavy (non-hydrogen) atoms. The van der Waals surface area contributed by atoms with E-state index in [2.05, 4.69) is 20.5 Å². The molecule has 0 spiro atoms. The first kappa shape index (κ1) is 23.2. The minimum absolute atomic E-state index is 0.0369. The summed E-state index contributed by atoms with van der Waals surface area (Å²) < 4.78 is 0. The fourth-order valence-corrected chi connectivity index (χ4v) is 5.05. The number of fused-ring (bicyclic) bond motifs is 1. The van der Waals surface area contributed by atoms with Crippen LogP contribution in [-0.4, -0.2) is 47.4 Å². The Morgan fingerprint density at radius 2 is 1.82 bits per heavy atom. The molecule has 2 heterocycles. The predicted molar refractivity (Wildman–Crippen MR) is 133 cm³/mol. The number of piperidine rings is 1. The lowest BCUT2D eigenvalue weighted by Crippen LogP contribution is -2.48. The van der Waals surface area contributed by atoms with Gasteiger partial charge in [-0.05, 0) is 49.2 Å². The Kier molecular flexibility index (Phi) is 7.57. The molecule has 1 fully saturated rings. The Labute approximate surface area is 198 Å². The van der Waals surface area contributed by atoms with Crippen molar-refractivity contribution in [2.24, 2.45) is 0 Å². The monoisotopic (exact) mass is 465 g/mol. The van der Waals surface area contributed by atoms with Crippen LogP contribution in [0.2, 0.25) is 0 Å². The van der Waals surface area contributed by atoms with E-state index in [1.807, 2.05) is 49.4 Å². The van der Waals surface area contributed by atoms with Crippen molar-refractivity contribution in [1.82, 2.24) is 20.5 Å². The van der Waals surface area contributed by atoms with Gasteiger partial charge in [-0.2, -0.15) is 0 Å². The standard InChI is InChI=1S/C25H31N5O2S/c1-17(30-12-5-2-6-13-30)23(31)28-16-22(24(32)27-14-19-15-29-25(26)33-19)21-11-7-9-18-8-3-4-10-20(18)21/h3-4,7-11,15,17,22H,2,5-6,12-14,16H2,1H3,(H2,26,29)(H,27,32)(H,28,31)/t17-,22?/m0/s1. The van der Waals surface area contributed by atoms with E-state index in [9.17, 15) is 9.59 Å². The molecule has 1 aliphatic rings. The molecule has 1 saturated heterocycles. The van der Waals surface area contributed by atoms with Crippen molar-refractivity contribution in [1.29, 1.82) is 0 Å². The van der Waals surface area contributed by atoms with Gasteiger partial charge in [0.1, 0.15) is 0 Å². The number of carbonyl (C=O) groups is 2. The van der Waals surface area contributed by atoms with Crippen LogP contribution in [0.4, 0.5) is 5.13 Å². The van der Waals surface area contributed by atoms with Crippen LogP contribution in [0.15, 0.2) is 48.7 Å². The molecule has 4 N–H and O–H groups in total. The maximum atomic E-state index is 13.3. The summed E-state index contributed by atoms with van der Waals surface area (Å²) in [7, 11) is 0. The topological polar surface area (TPSA) is 100 Å². The normalized spacial score (nSPS) is 16.3. The summed E-state index contributed by atoms with van der Waals surface area (Å²) in [4.78, 5) is 33.4. The maximum absolute atomic E-state index is 13.3. The van der Waals surface area contributed by atoms with Crippen LogP contribution < -0.4 is 16.4 Å². The van der Waals surface area contributed by atoms with Gasteiger partial charge in [0.25, 0.3) is 0 Å². The van der Waals surface area contributed by atoms with Crippen molar-refractivity contribution in [2.45, 2.75) is 44.7 Å². The van der Waals surface area contributed by atoms with Gasteiger partial charge in [0.15, 0.2) is 5.13 Å². The zero-order valence-corrected chi connectivity index (χ0v) is 19.7. The molecule has 0 radical (unpaired) electrons. The molecule has 3 aromatic rings. The predicted octanol–water partition coefficient (Wildman–Crippen LogP) is 3.27. The van der Waals surface area contributed by atoms with Crippen LogP contribution >= 0.6 is 11.3 Å². The molecule has 2 aromatic carbocycles. The molecule has 2 amide bonds. The molecular weight excluding hydrogens is 434 g/mol. The van der Waals surface area contributed by atoms with Crippen LogP contribution in [0.3, 0.4) is 0 Å². The smallest absolute Gasteiger partial charge is 0.237 e. The van der Waals surface area contributed by atoms with Gasteiger partial charge in [-0.1, -0.05) is 48.9 Å². The number of anilines is 1. The maximum Gasteiger partial charge on any atom is 0.237 e. The molecule has 1 aliphatic heterocycles. The first-order chi connectivity index (χ1) is 16.0. The lowest BCUT2D eigenvalue weighted by Gasteiger charge is -2.31. The molecule has 4 rings (SSSR count). The number of hydrogen-bond acceptors (Lipinski definition) is 6. The summed E-state index contributed by atoms with van der Waals surface area (Å²) in [6.45, 7) is 4.43. The van der Waals surface area contributed by atoms with Crippen LogP contribution in [0, 0.1) is 0 Å². The van der Waals surface area contributed by atoms with Crippen LogP contribution in [0.25, 0.3) is 10.8 Å².